The van der Waals surface area contributed by atoms with Gasteiger partial charge in [0.25, 0.3) is 0 Å². The molecule has 1 aromatic rings. The number of phenols is 1. The van der Waals surface area contributed by atoms with Crippen LogP contribution in [0.4, 0.5) is 0 Å². The number of aromatic hydroxyl groups is 1. The number of phenolic OH excluding ortho intramolecular Hbond substituents is 1. The van der Waals surface area contributed by atoms with Gasteiger partial charge in [-0.2, -0.15) is 0 Å². The third-order valence-corrected chi connectivity index (χ3v) is 8.50. The standard InChI is InChI=1S/C30H52O/c1-9-30(10-2,26-22-25(28(4,5)6)21-23(3)27(26)31)20-16-14-12-11-13-15-19-29(7,8)24-17-18-24/h21-22,24,31H,9-20H2,1-8H3. The van der Waals surface area contributed by atoms with Crippen LogP contribution in [-0.4, -0.2) is 5.11 Å². The predicted octanol–water partition coefficient (Wildman–Crippen LogP) is 9.61. The van der Waals surface area contributed by atoms with Crippen molar-refractivity contribution in [2.75, 3.05) is 0 Å². The maximum atomic E-state index is 11.0. The highest BCUT2D eigenvalue weighted by atomic mass is 16.3. The van der Waals surface area contributed by atoms with Crippen molar-refractivity contribution in [3.05, 3.63) is 28.8 Å². The summed E-state index contributed by atoms with van der Waals surface area (Å²) in [7, 11) is 0. The van der Waals surface area contributed by atoms with Crippen LogP contribution in [-0.2, 0) is 10.8 Å². The van der Waals surface area contributed by atoms with Gasteiger partial charge in [-0.05, 0) is 78.7 Å². The van der Waals surface area contributed by atoms with Crippen LogP contribution in [0.2, 0.25) is 0 Å². The van der Waals surface area contributed by atoms with E-state index in [4.69, 9.17) is 0 Å². The van der Waals surface area contributed by atoms with E-state index >= 15 is 0 Å². The Morgan fingerprint density at radius 2 is 1.32 bits per heavy atom. The van der Waals surface area contributed by atoms with E-state index in [0.29, 0.717) is 11.2 Å². The average molecular weight is 429 g/mol. The first-order valence-corrected chi connectivity index (χ1v) is 13.3. The molecule has 0 aliphatic heterocycles. The van der Waals surface area contributed by atoms with Crippen LogP contribution < -0.4 is 0 Å². The Balaban J connectivity index is 1.88. The lowest BCUT2D eigenvalue weighted by molar-refractivity contribution is 0.271. The third-order valence-electron chi connectivity index (χ3n) is 8.50. The Hall–Kier alpha value is -0.980. The fraction of sp³-hybridized carbons (Fsp3) is 0.800. The molecule has 31 heavy (non-hydrogen) atoms. The van der Waals surface area contributed by atoms with Gasteiger partial charge in [0.05, 0.1) is 0 Å². The van der Waals surface area contributed by atoms with Crippen molar-refractivity contribution >= 4 is 0 Å². The second-order valence-corrected chi connectivity index (χ2v) is 12.3. The number of hydrogen-bond donors (Lipinski definition) is 1. The highest BCUT2D eigenvalue weighted by Crippen LogP contribution is 2.48. The Bertz CT molecular complexity index is 683. The van der Waals surface area contributed by atoms with Crippen LogP contribution >= 0.6 is 0 Å². The number of benzene rings is 1. The smallest absolute Gasteiger partial charge is 0.122 e. The van der Waals surface area contributed by atoms with Crippen molar-refractivity contribution in [2.24, 2.45) is 11.3 Å². The molecule has 0 heterocycles. The molecule has 1 aliphatic rings. The van der Waals surface area contributed by atoms with Gasteiger partial charge in [-0.15, -0.1) is 0 Å². The number of hydrogen-bond acceptors (Lipinski definition) is 1. The van der Waals surface area contributed by atoms with Crippen molar-refractivity contribution in [1.82, 2.24) is 0 Å². The predicted molar refractivity (Wildman–Crippen MR) is 137 cm³/mol. The summed E-state index contributed by atoms with van der Waals surface area (Å²) in [4.78, 5) is 0. The topological polar surface area (TPSA) is 20.2 Å². The molecule has 1 N–H and O–H groups in total. The summed E-state index contributed by atoms with van der Waals surface area (Å²) in [5.74, 6) is 1.55. The fourth-order valence-electron chi connectivity index (χ4n) is 5.56. The van der Waals surface area contributed by atoms with Crippen LogP contribution in [0.25, 0.3) is 0 Å². The van der Waals surface area contributed by atoms with Crippen LogP contribution in [0.15, 0.2) is 12.1 Å². The van der Waals surface area contributed by atoms with E-state index in [2.05, 4.69) is 67.5 Å². The zero-order chi connectivity index (χ0) is 23.3. The molecule has 1 aromatic carbocycles. The zero-order valence-corrected chi connectivity index (χ0v) is 22.2. The average Bonchev–Trinajstić information content (AvgIpc) is 3.55. The molecule has 0 radical (unpaired) electrons. The van der Waals surface area contributed by atoms with Gasteiger partial charge in [0.2, 0.25) is 0 Å². The number of rotatable bonds is 13. The number of unbranched alkanes of at least 4 members (excludes halogenated alkanes) is 5. The van der Waals surface area contributed by atoms with Crippen LogP contribution in [0.1, 0.15) is 142 Å². The van der Waals surface area contributed by atoms with Gasteiger partial charge >= 0.3 is 0 Å². The summed E-state index contributed by atoms with van der Waals surface area (Å²) in [6.07, 6.45) is 15.9. The summed E-state index contributed by atoms with van der Waals surface area (Å²) < 4.78 is 0. The maximum Gasteiger partial charge on any atom is 0.122 e. The largest absolute Gasteiger partial charge is 0.507 e. The molecule has 0 spiro atoms. The lowest BCUT2D eigenvalue weighted by Gasteiger charge is -2.35. The second kappa shape index (κ2) is 10.8. The van der Waals surface area contributed by atoms with Gasteiger partial charge in [0, 0.05) is 5.56 Å². The van der Waals surface area contributed by atoms with Crippen molar-refractivity contribution < 1.29 is 5.11 Å². The molecule has 0 saturated heterocycles. The van der Waals surface area contributed by atoms with E-state index in [0.717, 1.165) is 24.3 Å². The molecular formula is C30H52O. The highest BCUT2D eigenvalue weighted by Gasteiger charge is 2.37. The lowest BCUT2D eigenvalue weighted by Crippen LogP contribution is -2.26. The molecule has 0 atom stereocenters. The summed E-state index contributed by atoms with van der Waals surface area (Å²) in [6, 6.07) is 4.50. The van der Waals surface area contributed by atoms with Gasteiger partial charge in [-0.1, -0.05) is 99.1 Å². The Kier molecular flexibility index (Phi) is 9.12. The van der Waals surface area contributed by atoms with Gasteiger partial charge < -0.3 is 5.11 Å². The fourth-order valence-corrected chi connectivity index (χ4v) is 5.56. The Morgan fingerprint density at radius 3 is 1.81 bits per heavy atom. The molecule has 0 amide bonds. The van der Waals surface area contributed by atoms with Crippen molar-refractivity contribution in [3.63, 3.8) is 0 Å². The minimum absolute atomic E-state index is 0.102. The monoisotopic (exact) mass is 428 g/mol. The van der Waals surface area contributed by atoms with Crippen LogP contribution in [0, 0.1) is 18.3 Å². The summed E-state index contributed by atoms with van der Waals surface area (Å²) in [5, 5.41) is 11.0. The van der Waals surface area contributed by atoms with Gasteiger partial charge in [0.1, 0.15) is 5.75 Å². The summed E-state index contributed by atoms with van der Waals surface area (Å²) in [5.41, 5.74) is 4.37. The van der Waals surface area contributed by atoms with Crippen molar-refractivity contribution in [1.29, 1.82) is 0 Å². The second-order valence-electron chi connectivity index (χ2n) is 12.3. The molecule has 0 unspecified atom stereocenters. The van der Waals surface area contributed by atoms with E-state index < -0.39 is 0 Å². The molecular weight excluding hydrogens is 376 g/mol. The van der Waals surface area contributed by atoms with Crippen LogP contribution in [0.3, 0.4) is 0 Å². The molecule has 1 fully saturated rings. The highest BCUT2D eigenvalue weighted by molar-refractivity contribution is 5.48. The van der Waals surface area contributed by atoms with Crippen LogP contribution in [0.5, 0.6) is 5.75 Å². The molecule has 1 nitrogen and oxygen atoms in total. The molecule has 1 aliphatic carbocycles. The third kappa shape index (κ3) is 7.00. The Morgan fingerprint density at radius 1 is 0.806 bits per heavy atom. The molecule has 0 aromatic heterocycles. The lowest BCUT2D eigenvalue weighted by atomic mass is 9.70. The normalized spacial score (nSPS) is 15.5. The van der Waals surface area contributed by atoms with E-state index in [9.17, 15) is 5.11 Å². The van der Waals surface area contributed by atoms with Gasteiger partial charge in [-0.3, -0.25) is 0 Å². The number of aryl methyl sites for hydroxylation is 1. The van der Waals surface area contributed by atoms with E-state index in [1.54, 1.807) is 0 Å². The summed E-state index contributed by atoms with van der Waals surface area (Å²) >= 11 is 0. The maximum absolute atomic E-state index is 11.0. The van der Waals surface area contributed by atoms with E-state index in [-0.39, 0.29) is 10.8 Å². The van der Waals surface area contributed by atoms with E-state index in [1.165, 1.54) is 75.3 Å². The SMILES string of the molecule is CCC(CC)(CCCCCCCCC(C)(C)C1CC1)c1cc(C(C)(C)C)cc(C)c1O. The molecule has 2 rings (SSSR count). The van der Waals surface area contributed by atoms with Crippen molar-refractivity contribution in [2.45, 2.75) is 143 Å². The summed E-state index contributed by atoms with van der Waals surface area (Å²) in [6.45, 7) is 18.5. The first kappa shape index (κ1) is 26.3. The van der Waals surface area contributed by atoms with Gasteiger partial charge in [0.15, 0.2) is 0 Å². The Labute approximate surface area is 194 Å². The first-order chi connectivity index (χ1) is 14.5. The molecule has 178 valence electrons. The van der Waals surface area contributed by atoms with Gasteiger partial charge in [-0.25, -0.2) is 0 Å². The van der Waals surface area contributed by atoms with E-state index in [1.807, 2.05) is 0 Å². The quantitative estimate of drug-likeness (QED) is 0.310. The zero-order valence-electron chi connectivity index (χ0n) is 22.2. The van der Waals surface area contributed by atoms with Crippen molar-refractivity contribution in [3.8, 4) is 5.75 Å². The minimum atomic E-state index is 0.102. The molecule has 1 saturated carbocycles. The molecule has 0 bridgehead atoms. The first-order valence-electron chi connectivity index (χ1n) is 13.3. The molecule has 1 heteroatoms. The minimum Gasteiger partial charge on any atom is -0.507 e.